The van der Waals surface area contributed by atoms with E-state index in [-0.39, 0.29) is 0 Å². The monoisotopic (exact) mass is 188 g/mol. The number of nitrogen functional groups attached to an aromatic ring is 2. The predicted octanol–water partition coefficient (Wildman–Crippen LogP) is 2.23. The van der Waals surface area contributed by atoms with Gasteiger partial charge in [0.15, 0.2) is 0 Å². The van der Waals surface area contributed by atoms with Crippen LogP contribution in [0.5, 0.6) is 0 Å². The number of anilines is 2. The Bertz CT molecular complexity index is 275. The fraction of sp³-hybridized carbons (Fsp3) is 0.143. The van der Waals surface area contributed by atoms with E-state index in [1.165, 1.54) is 0 Å². The quantitative estimate of drug-likeness (QED) is 0.525. The van der Waals surface area contributed by atoms with Gasteiger partial charge in [-0.3, -0.25) is 0 Å². The van der Waals surface area contributed by atoms with Gasteiger partial charge in [0.1, 0.15) is 0 Å². The van der Waals surface area contributed by atoms with E-state index in [0.717, 1.165) is 4.90 Å². The summed E-state index contributed by atoms with van der Waals surface area (Å²) in [6.07, 6.45) is 1.94. The van der Waals surface area contributed by atoms with E-state index < -0.39 is 0 Å². The van der Waals surface area contributed by atoms with Crippen LogP contribution in [0, 0.1) is 0 Å². The Kier molecular flexibility index (Phi) is 2.52. The maximum Gasteiger partial charge on any atom is 0.0792 e. The molecule has 0 aliphatic rings. The van der Waals surface area contributed by atoms with Crippen molar-refractivity contribution in [3.63, 3.8) is 0 Å². The second-order valence-corrected chi connectivity index (χ2v) is 3.31. The van der Waals surface area contributed by atoms with Crippen molar-refractivity contribution in [3.05, 3.63) is 17.2 Å². The van der Waals surface area contributed by atoms with E-state index in [0.29, 0.717) is 16.4 Å². The van der Waals surface area contributed by atoms with E-state index in [1.807, 2.05) is 12.3 Å². The first kappa shape index (κ1) is 8.56. The summed E-state index contributed by atoms with van der Waals surface area (Å²) in [4.78, 5) is 0.957. The topological polar surface area (TPSA) is 52.0 Å². The molecule has 0 radical (unpaired) electrons. The molecule has 60 valence electrons. The highest BCUT2D eigenvalue weighted by Crippen LogP contribution is 2.33. The Hall–Kier alpha value is -0.540. The molecular weight excluding hydrogens is 180 g/mol. The first-order valence-corrected chi connectivity index (χ1v) is 4.64. The number of halogens is 1. The smallest absolute Gasteiger partial charge is 0.0792 e. The van der Waals surface area contributed by atoms with Gasteiger partial charge in [0.25, 0.3) is 0 Å². The van der Waals surface area contributed by atoms with Crippen molar-refractivity contribution in [3.8, 4) is 0 Å². The van der Waals surface area contributed by atoms with Crippen LogP contribution in [-0.4, -0.2) is 6.26 Å². The summed E-state index contributed by atoms with van der Waals surface area (Å²) >= 11 is 7.42. The van der Waals surface area contributed by atoms with Crippen LogP contribution < -0.4 is 11.5 Å². The molecule has 0 saturated carbocycles. The van der Waals surface area contributed by atoms with Crippen LogP contribution in [0.1, 0.15) is 0 Å². The van der Waals surface area contributed by atoms with Crippen LogP contribution in [0.25, 0.3) is 0 Å². The van der Waals surface area contributed by atoms with E-state index in [4.69, 9.17) is 23.1 Å². The molecule has 0 amide bonds. The number of nitrogens with two attached hydrogens (primary N) is 2. The van der Waals surface area contributed by atoms with Gasteiger partial charge in [-0.15, -0.1) is 11.8 Å². The summed E-state index contributed by atoms with van der Waals surface area (Å²) in [6, 6.07) is 3.62. The summed E-state index contributed by atoms with van der Waals surface area (Å²) in [5, 5.41) is 0.553. The van der Waals surface area contributed by atoms with Gasteiger partial charge in [0, 0.05) is 4.90 Å². The standard InChI is InChI=1S/C7H9ClN2S/c1-11-5-3-2-4(9)7(10)6(5)8/h2-3H,9-10H2,1H3. The molecule has 2 nitrogen and oxygen atoms in total. The molecule has 1 aromatic carbocycles. The van der Waals surface area contributed by atoms with E-state index in [1.54, 1.807) is 17.8 Å². The third kappa shape index (κ3) is 1.54. The molecule has 0 spiro atoms. The maximum absolute atomic E-state index is 5.87. The fourth-order valence-electron chi connectivity index (χ4n) is 0.746. The van der Waals surface area contributed by atoms with Gasteiger partial charge in [0.05, 0.1) is 16.4 Å². The molecule has 4 N–H and O–H groups in total. The summed E-state index contributed by atoms with van der Waals surface area (Å²) in [6.45, 7) is 0. The summed E-state index contributed by atoms with van der Waals surface area (Å²) < 4.78 is 0. The number of benzene rings is 1. The zero-order valence-corrected chi connectivity index (χ0v) is 7.67. The highest BCUT2D eigenvalue weighted by molar-refractivity contribution is 7.98. The summed E-state index contributed by atoms with van der Waals surface area (Å²) in [5.41, 5.74) is 12.1. The Balaban J connectivity index is 3.25. The lowest BCUT2D eigenvalue weighted by Crippen LogP contribution is -1.95. The average Bonchev–Trinajstić information content (AvgIpc) is 2.01. The van der Waals surface area contributed by atoms with Crippen molar-refractivity contribution in [2.75, 3.05) is 17.7 Å². The summed E-state index contributed by atoms with van der Waals surface area (Å²) in [5.74, 6) is 0. The van der Waals surface area contributed by atoms with Gasteiger partial charge in [0.2, 0.25) is 0 Å². The Morgan fingerprint density at radius 3 is 2.55 bits per heavy atom. The Morgan fingerprint density at radius 1 is 1.36 bits per heavy atom. The molecular formula is C7H9ClN2S. The average molecular weight is 189 g/mol. The minimum absolute atomic E-state index is 0.471. The molecule has 0 aromatic heterocycles. The zero-order valence-electron chi connectivity index (χ0n) is 6.10. The van der Waals surface area contributed by atoms with Crippen LogP contribution in [0.15, 0.2) is 17.0 Å². The molecule has 1 rings (SSSR count). The number of rotatable bonds is 1. The largest absolute Gasteiger partial charge is 0.397 e. The Labute approximate surface area is 74.9 Å². The van der Waals surface area contributed by atoms with Gasteiger partial charge in [-0.1, -0.05) is 11.6 Å². The molecule has 0 unspecified atom stereocenters. The zero-order chi connectivity index (χ0) is 8.43. The van der Waals surface area contributed by atoms with Crippen molar-refractivity contribution in [2.45, 2.75) is 4.90 Å². The second-order valence-electron chi connectivity index (χ2n) is 2.08. The molecule has 0 bridgehead atoms. The normalized spacial score (nSPS) is 10.0. The van der Waals surface area contributed by atoms with E-state index >= 15 is 0 Å². The third-order valence-corrected chi connectivity index (χ3v) is 2.70. The fourth-order valence-corrected chi connectivity index (χ4v) is 1.64. The first-order valence-electron chi connectivity index (χ1n) is 3.04. The highest BCUT2D eigenvalue weighted by atomic mass is 35.5. The molecule has 0 fully saturated rings. The molecule has 0 aliphatic carbocycles. The molecule has 1 aromatic rings. The van der Waals surface area contributed by atoms with E-state index in [9.17, 15) is 0 Å². The van der Waals surface area contributed by atoms with Gasteiger partial charge < -0.3 is 11.5 Å². The second kappa shape index (κ2) is 3.24. The van der Waals surface area contributed by atoms with Crippen molar-refractivity contribution in [1.82, 2.24) is 0 Å². The minimum atomic E-state index is 0.471. The van der Waals surface area contributed by atoms with Gasteiger partial charge >= 0.3 is 0 Å². The van der Waals surface area contributed by atoms with Crippen LogP contribution in [0.3, 0.4) is 0 Å². The van der Waals surface area contributed by atoms with Gasteiger partial charge in [-0.2, -0.15) is 0 Å². The molecule has 0 heterocycles. The van der Waals surface area contributed by atoms with E-state index in [2.05, 4.69) is 0 Å². The number of hydrogen-bond acceptors (Lipinski definition) is 3. The molecule has 4 heteroatoms. The summed E-state index contributed by atoms with van der Waals surface area (Å²) in [7, 11) is 0. The SMILES string of the molecule is CSc1ccc(N)c(N)c1Cl. The predicted molar refractivity (Wildman–Crippen MR) is 52.1 cm³/mol. The minimum Gasteiger partial charge on any atom is -0.397 e. The van der Waals surface area contributed by atoms with Crippen molar-refractivity contribution < 1.29 is 0 Å². The molecule has 0 aliphatic heterocycles. The van der Waals surface area contributed by atoms with Crippen molar-refractivity contribution in [1.29, 1.82) is 0 Å². The highest BCUT2D eigenvalue weighted by Gasteiger charge is 2.04. The van der Waals surface area contributed by atoms with Crippen LogP contribution in [0.4, 0.5) is 11.4 Å². The van der Waals surface area contributed by atoms with Gasteiger partial charge in [-0.25, -0.2) is 0 Å². The maximum atomic E-state index is 5.87. The third-order valence-electron chi connectivity index (χ3n) is 1.40. The van der Waals surface area contributed by atoms with Crippen LogP contribution in [-0.2, 0) is 0 Å². The molecule has 11 heavy (non-hydrogen) atoms. The molecule has 0 saturated heterocycles. The van der Waals surface area contributed by atoms with Crippen molar-refractivity contribution in [2.24, 2.45) is 0 Å². The van der Waals surface area contributed by atoms with Gasteiger partial charge in [-0.05, 0) is 18.4 Å². The number of thioether (sulfide) groups is 1. The van der Waals surface area contributed by atoms with Crippen LogP contribution in [0.2, 0.25) is 5.02 Å². The molecule has 0 atom stereocenters. The van der Waals surface area contributed by atoms with Crippen molar-refractivity contribution >= 4 is 34.7 Å². The van der Waals surface area contributed by atoms with Crippen LogP contribution >= 0.6 is 23.4 Å². The lowest BCUT2D eigenvalue weighted by atomic mass is 10.3. The Morgan fingerprint density at radius 2 is 2.00 bits per heavy atom. The lowest BCUT2D eigenvalue weighted by molar-refractivity contribution is 1.47. The first-order chi connectivity index (χ1) is 5.16. The lowest BCUT2D eigenvalue weighted by Gasteiger charge is -2.05. The number of hydrogen-bond donors (Lipinski definition) is 2.